The third-order valence-corrected chi connectivity index (χ3v) is 14.5. The summed E-state index contributed by atoms with van der Waals surface area (Å²) in [4.78, 5) is 0. The van der Waals surface area contributed by atoms with Crippen LogP contribution in [0.15, 0.2) is 206 Å². The van der Waals surface area contributed by atoms with Crippen molar-refractivity contribution in [3.05, 3.63) is 217 Å². The zero-order valence-electron chi connectivity index (χ0n) is 35.0. The van der Waals surface area contributed by atoms with Gasteiger partial charge >= 0.3 is 0 Å². The summed E-state index contributed by atoms with van der Waals surface area (Å²) in [6, 6.07) is 77.0. The lowest BCUT2D eigenvalue weighted by atomic mass is 9.82. The Morgan fingerprint density at radius 2 is 0.873 bits per heavy atom. The highest BCUT2D eigenvalue weighted by Gasteiger charge is 2.36. The van der Waals surface area contributed by atoms with Crippen LogP contribution in [-0.2, 0) is 5.41 Å². The van der Waals surface area contributed by atoms with Crippen LogP contribution in [0.1, 0.15) is 25.0 Å². The zero-order chi connectivity index (χ0) is 41.6. The predicted molar refractivity (Wildman–Crippen MR) is 268 cm³/mol. The van der Waals surface area contributed by atoms with Gasteiger partial charge in [-0.05, 0) is 114 Å². The lowest BCUT2D eigenvalue weighted by Gasteiger charge is -2.21. The van der Waals surface area contributed by atoms with Gasteiger partial charge in [0.15, 0.2) is 0 Å². The van der Waals surface area contributed by atoms with Crippen LogP contribution >= 0.6 is 0 Å². The Hall–Kier alpha value is -7.94. The van der Waals surface area contributed by atoms with E-state index in [4.69, 9.17) is 0 Å². The quantitative estimate of drug-likeness (QED) is 0.158. The summed E-state index contributed by atoms with van der Waals surface area (Å²) in [6.07, 6.45) is 0. The van der Waals surface area contributed by atoms with Gasteiger partial charge in [-0.3, -0.25) is 0 Å². The number of hydrogen-bond donors (Lipinski definition) is 0. The van der Waals surface area contributed by atoms with Gasteiger partial charge in [0.25, 0.3) is 0 Å². The second kappa shape index (κ2) is 12.6. The van der Waals surface area contributed by atoms with E-state index in [9.17, 15) is 0 Å². The van der Waals surface area contributed by atoms with Crippen LogP contribution in [-0.4, -0.2) is 9.13 Å². The first-order chi connectivity index (χ1) is 31.0. The van der Waals surface area contributed by atoms with Crippen LogP contribution in [0.2, 0.25) is 0 Å². The summed E-state index contributed by atoms with van der Waals surface area (Å²) >= 11 is 0. The van der Waals surface area contributed by atoms with E-state index in [1.807, 2.05) is 0 Å². The second-order valence-corrected chi connectivity index (χ2v) is 18.0. The summed E-state index contributed by atoms with van der Waals surface area (Å²) in [5.74, 6) is 0. The molecular weight excluding hydrogens is 761 g/mol. The van der Waals surface area contributed by atoms with E-state index < -0.39 is 0 Å². The van der Waals surface area contributed by atoms with Crippen molar-refractivity contribution in [2.24, 2.45) is 0 Å². The van der Waals surface area contributed by atoms with Crippen molar-refractivity contribution in [3.63, 3.8) is 0 Å². The van der Waals surface area contributed by atoms with Crippen molar-refractivity contribution < 1.29 is 0 Å². The largest absolute Gasteiger partial charge is 0.309 e. The SMILES string of the molecule is CC1(C)c2ccccc2-c2cc3c4c5c6ccccc6c6ccccc6c5ccc4n(-c4ccc(-c5ccc(-n6c7ccccc7c7ccc8ccccc8c76)cc5)cc4)c3cc21. The number of para-hydroxylation sites is 1. The number of benzene rings is 11. The monoisotopic (exact) mass is 800 g/mol. The molecule has 0 saturated carbocycles. The lowest BCUT2D eigenvalue weighted by Crippen LogP contribution is -2.14. The molecular formula is C61H40N2. The minimum absolute atomic E-state index is 0.116. The van der Waals surface area contributed by atoms with Gasteiger partial charge in [0, 0.05) is 49.1 Å². The molecule has 1 aliphatic rings. The number of rotatable bonds is 3. The first-order valence-corrected chi connectivity index (χ1v) is 22.1. The topological polar surface area (TPSA) is 9.86 Å². The molecule has 63 heavy (non-hydrogen) atoms. The molecule has 0 unspecified atom stereocenters. The molecule has 14 rings (SSSR count). The number of fused-ring (bicyclic) bond motifs is 18. The van der Waals surface area contributed by atoms with Gasteiger partial charge in [0.05, 0.1) is 22.1 Å². The molecule has 11 aromatic carbocycles. The molecule has 1 aliphatic carbocycles. The van der Waals surface area contributed by atoms with Crippen LogP contribution < -0.4 is 0 Å². The molecule has 0 aliphatic heterocycles. The van der Waals surface area contributed by atoms with E-state index >= 15 is 0 Å². The minimum Gasteiger partial charge on any atom is -0.309 e. The van der Waals surface area contributed by atoms with Gasteiger partial charge in [-0.2, -0.15) is 0 Å². The smallest absolute Gasteiger partial charge is 0.0619 e. The molecule has 0 bridgehead atoms. The Labute approximate surface area is 364 Å². The van der Waals surface area contributed by atoms with E-state index in [1.54, 1.807) is 0 Å². The molecule has 0 spiro atoms. The lowest BCUT2D eigenvalue weighted by molar-refractivity contribution is 0.661. The maximum absolute atomic E-state index is 2.52. The fourth-order valence-corrected chi connectivity index (χ4v) is 11.6. The van der Waals surface area contributed by atoms with Crippen LogP contribution in [0, 0.1) is 0 Å². The number of nitrogens with zero attached hydrogens (tertiary/aromatic N) is 2. The van der Waals surface area contributed by atoms with E-state index in [0.717, 1.165) is 11.4 Å². The Kier molecular flexibility index (Phi) is 6.93. The molecule has 2 aromatic heterocycles. The molecule has 0 amide bonds. The van der Waals surface area contributed by atoms with Gasteiger partial charge < -0.3 is 9.13 Å². The summed E-state index contributed by atoms with van der Waals surface area (Å²) in [5, 5.41) is 15.5. The van der Waals surface area contributed by atoms with Gasteiger partial charge in [0.1, 0.15) is 0 Å². The molecule has 0 atom stereocenters. The van der Waals surface area contributed by atoms with Crippen LogP contribution in [0.5, 0.6) is 0 Å². The number of hydrogen-bond acceptors (Lipinski definition) is 0. The van der Waals surface area contributed by atoms with Gasteiger partial charge in [-0.25, -0.2) is 0 Å². The van der Waals surface area contributed by atoms with Gasteiger partial charge in [-0.15, -0.1) is 0 Å². The normalized spacial score (nSPS) is 13.4. The van der Waals surface area contributed by atoms with Crippen molar-refractivity contribution in [1.82, 2.24) is 9.13 Å². The Morgan fingerprint density at radius 1 is 0.317 bits per heavy atom. The fourth-order valence-electron chi connectivity index (χ4n) is 11.6. The van der Waals surface area contributed by atoms with Crippen molar-refractivity contribution in [2.75, 3.05) is 0 Å². The third-order valence-electron chi connectivity index (χ3n) is 14.5. The highest BCUT2D eigenvalue weighted by atomic mass is 15.0. The first kappa shape index (κ1) is 34.7. The highest BCUT2D eigenvalue weighted by molar-refractivity contribution is 6.35. The average Bonchev–Trinajstić information content (AvgIpc) is 3.94. The molecule has 294 valence electrons. The second-order valence-electron chi connectivity index (χ2n) is 18.0. The molecule has 0 N–H and O–H groups in total. The van der Waals surface area contributed by atoms with Crippen molar-refractivity contribution >= 4 is 86.7 Å². The van der Waals surface area contributed by atoms with Crippen molar-refractivity contribution in [2.45, 2.75) is 19.3 Å². The van der Waals surface area contributed by atoms with Gasteiger partial charge in [-0.1, -0.05) is 172 Å². The van der Waals surface area contributed by atoms with Crippen molar-refractivity contribution in [1.29, 1.82) is 0 Å². The first-order valence-electron chi connectivity index (χ1n) is 22.1. The Morgan fingerprint density at radius 3 is 1.60 bits per heavy atom. The molecule has 2 heterocycles. The molecule has 13 aromatic rings. The van der Waals surface area contributed by atoms with E-state index in [-0.39, 0.29) is 5.41 Å². The van der Waals surface area contributed by atoms with Crippen LogP contribution in [0.4, 0.5) is 0 Å². The third kappa shape index (κ3) is 4.67. The summed E-state index contributed by atoms with van der Waals surface area (Å²) < 4.78 is 4.96. The minimum atomic E-state index is -0.116. The predicted octanol–water partition coefficient (Wildman–Crippen LogP) is 16.5. The Bertz CT molecular complexity index is 4050. The van der Waals surface area contributed by atoms with Crippen LogP contribution in [0.25, 0.3) is 120 Å². The average molecular weight is 801 g/mol. The van der Waals surface area contributed by atoms with E-state index in [2.05, 4.69) is 229 Å². The van der Waals surface area contributed by atoms with E-state index in [0.29, 0.717) is 0 Å². The highest BCUT2D eigenvalue weighted by Crippen LogP contribution is 2.52. The van der Waals surface area contributed by atoms with Crippen molar-refractivity contribution in [3.8, 4) is 33.6 Å². The van der Waals surface area contributed by atoms with E-state index in [1.165, 1.54) is 120 Å². The molecule has 0 saturated heterocycles. The molecule has 0 radical (unpaired) electrons. The molecule has 2 heteroatoms. The Balaban J connectivity index is 0.964. The number of aromatic nitrogens is 2. The maximum atomic E-state index is 2.52. The standard InChI is InChI=1S/C61H40N2/c1-61(2)53-21-11-9-18-46(53)51-35-52-57(36-54(51)61)62(56-34-33-49-45-17-6-5-15-43(45)44-16-7-8-20-48(44)58(49)59(52)56)40-28-23-37(24-29-40)38-25-30-41(31-26-38)63-55-22-12-10-19-47(55)50-32-27-39-13-3-4-14-42(39)60(50)63/h3-36H,1-2H3. The summed E-state index contributed by atoms with van der Waals surface area (Å²) in [7, 11) is 0. The maximum Gasteiger partial charge on any atom is 0.0619 e. The molecule has 2 nitrogen and oxygen atoms in total. The van der Waals surface area contributed by atoms with Gasteiger partial charge in [0.2, 0.25) is 0 Å². The zero-order valence-corrected chi connectivity index (χ0v) is 35.0. The fraction of sp³-hybridized carbons (Fsp3) is 0.0492. The summed E-state index contributed by atoms with van der Waals surface area (Å²) in [6.45, 7) is 4.77. The molecule has 0 fully saturated rings. The summed E-state index contributed by atoms with van der Waals surface area (Å²) in [5.41, 5.74) is 15.0. The van der Waals surface area contributed by atoms with Crippen LogP contribution in [0.3, 0.4) is 0 Å².